The molecule has 0 heterocycles. The lowest BCUT2D eigenvalue weighted by Gasteiger charge is -2.39. The molecule has 0 aliphatic heterocycles. The first-order valence-electron chi connectivity index (χ1n) is 20.8. The lowest BCUT2D eigenvalue weighted by Crippen LogP contribution is -2.53. The van der Waals surface area contributed by atoms with E-state index in [0.717, 1.165) is 49.4 Å². The van der Waals surface area contributed by atoms with Gasteiger partial charge in [0, 0.05) is 23.7 Å². The molecule has 2 fully saturated rings. The minimum Gasteiger partial charge on any atom is -0.354 e. The number of amides is 1. The normalized spacial score (nSPS) is 17.0. The van der Waals surface area contributed by atoms with E-state index in [0.29, 0.717) is 18.5 Å². The second kappa shape index (κ2) is 20.6. The maximum atomic E-state index is 14.3. The van der Waals surface area contributed by atoms with Gasteiger partial charge in [-0.25, -0.2) is 4.99 Å². The van der Waals surface area contributed by atoms with E-state index in [1.165, 1.54) is 118 Å². The van der Waals surface area contributed by atoms with Gasteiger partial charge in [0.25, 0.3) is 0 Å². The largest absolute Gasteiger partial charge is 0.354 e. The Bertz CT molecular complexity index is 1470. The maximum absolute atomic E-state index is 14.3. The molecule has 0 saturated heterocycles. The highest BCUT2D eigenvalue weighted by Gasteiger charge is 2.27. The molecule has 1 amide bonds. The molecule has 3 aromatic rings. The van der Waals surface area contributed by atoms with Gasteiger partial charge < -0.3 is 20.4 Å². The van der Waals surface area contributed by atoms with Crippen LogP contribution in [0.1, 0.15) is 135 Å². The lowest BCUT2D eigenvalue weighted by atomic mass is 9.95. The van der Waals surface area contributed by atoms with Crippen LogP contribution in [0.15, 0.2) is 71.7 Å². The van der Waals surface area contributed by atoms with Crippen molar-refractivity contribution in [3.63, 3.8) is 0 Å². The van der Waals surface area contributed by atoms with Gasteiger partial charge in [-0.3, -0.25) is 4.79 Å². The van der Waals surface area contributed by atoms with E-state index >= 15 is 0 Å². The predicted molar refractivity (Wildman–Crippen MR) is 217 cm³/mol. The van der Waals surface area contributed by atoms with Gasteiger partial charge in [0.2, 0.25) is 5.91 Å². The van der Waals surface area contributed by atoms with E-state index in [1.54, 1.807) is 0 Å². The molecule has 3 N–H and O–H groups in total. The smallest absolute Gasteiger partial charge is 0.247 e. The van der Waals surface area contributed by atoms with Crippen molar-refractivity contribution in [2.24, 2.45) is 4.99 Å². The van der Waals surface area contributed by atoms with Crippen LogP contribution < -0.4 is 16.0 Å². The molecule has 1 atom stereocenters. The zero-order chi connectivity index (χ0) is 35.7. The summed E-state index contributed by atoms with van der Waals surface area (Å²) in [6.45, 7) is 11.7. The van der Waals surface area contributed by atoms with Crippen LogP contribution in [0.2, 0.25) is 0 Å². The third-order valence-corrected chi connectivity index (χ3v) is 11.4. The molecule has 0 unspecified atom stereocenters. The average molecular weight is 695 g/mol. The number of carbonyl (C=O) groups excluding carboxylic acids is 1. The number of benzene rings is 3. The summed E-state index contributed by atoms with van der Waals surface area (Å²) in [5, 5.41) is 13.2. The maximum Gasteiger partial charge on any atom is 0.247 e. The van der Waals surface area contributed by atoms with Crippen molar-refractivity contribution in [2.45, 2.75) is 155 Å². The third kappa shape index (κ3) is 12.4. The number of hydrogen-bond acceptors (Lipinski definition) is 2. The van der Waals surface area contributed by atoms with Crippen LogP contribution >= 0.6 is 0 Å². The Morgan fingerprint density at radius 1 is 0.725 bits per heavy atom. The number of unbranched alkanes of at least 4 members (excludes halogenated alkanes) is 3. The first kappa shape index (κ1) is 38.8. The average Bonchev–Trinajstić information content (AvgIpc) is 3.16. The van der Waals surface area contributed by atoms with Crippen molar-refractivity contribution in [3.8, 4) is 0 Å². The van der Waals surface area contributed by atoms with Gasteiger partial charge in [-0.1, -0.05) is 133 Å². The molecule has 2 aliphatic rings. The number of carbonyl (C=O) groups is 1. The summed E-state index contributed by atoms with van der Waals surface area (Å²) < 4.78 is 1.18. The van der Waals surface area contributed by atoms with Crippen molar-refractivity contribution >= 4 is 28.3 Å². The standard InChI is InChI=1S/C45H67N5O/c1-4-7-30-50(31-8-5-2,32-9-6-3)35-36-25-28-42(29-26-36)46-44(51)43(34-37-24-27-38-18-16-17-19-39(38)33-37)49-45(47-40-20-12-10-13-21-40)48-41-22-14-11-15-23-41/h16-19,24-29,33,40-41,43H,4-15,20-23,30-32,34-35H2,1-3H3,(H2-,46,47,48,49,51)/p+1/t43-/m1/s1. The highest BCUT2D eigenvalue weighted by molar-refractivity contribution is 5.98. The zero-order valence-electron chi connectivity index (χ0n) is 32.2. The second-order valence-corrected chi connectivity index (χ2v) is 15.7. The number of quaternary nitrogens is 1. The number of hydrogen-bond donors (Lipinski definition) is 3. The molecule has 5 rings (SSSR count). The zero-order valence-corrected chi connectivity index (χ0v) is 32.2. The van der Waals surface area contributed by atoms with E-state index in [9.17, 15) is 4.79 Å². The van der Waals surface area contributed by atoms with Crippen molar-refractivity contribution < 1.29 is 9.28 Å². The quantitative estimate of drug-likeness (QED) is 0.0706. The molecule has 3 aromatic carbocycles. The number of aliphatic imine (C=N–C) groups is 1. The van der Waals surface area contributed by atoms with E-state index in [4.69, 9.17) is 4.99 Å². The molecule has 6 nitrogen and oxygen atoms in total. The van der Waals surface area contributed by atoms with Gasteiger partial charge in [0.15, 0.2) is 5.96 Å². The molecule has 51 heavy (non-hydrogen) atoms. The van der Waals surface area contributed by atoms with Crippen LogP contribution in [-0.2, 0) is 17.8 Å². The minimum atomic E-state index is -0.467. The highest BCUT2D eigenvalue weighted by Crippen LogP contribution is 2.24. The van der Waals surface area contributed by atoms with Crippen LogP contribution in [0, 0.1) is 0 Å². The molecule has 0 spiro atoms. The van der Waals surface area contributed by atoms with Crippen molar-refractivity contribution in [2.75, 3.05) is 25.0 Å². The SMILES string of the molecule is CCCC[N+](CCCC)(CCCC)Cc1ccc(NC(=O)[C@@H](Cc2ccc3ccccc3c2)NC(=NC2CCCCC2)NC2CCCCC2)cc1. The summed E-state index contributed by atoms with van der Waals surface area (Å²) >= 11 is 0. The van der Waals surface area contributed by atoms with Gasteiger partial charge in [-0.05, 0) is 73.4 Å². The Labute approximate surface area is 309 Å². The molecule has 2 saturated carbocycles. The molecular weight excluding hydrogens is 627 g/mol. The highest BCUT2D eigenvalue weighted by atomic mass is 16.2. The lowest BCUT2D eigenvalue weighted by molar-refractivity contribution is -0.941. The van der Waals surface area contributed by atoms with Gasteiger partial charge >= 0.3 is 0 Å². The summed E-state index contributed by atoms with van der Waals surface area (Å²) in [7, 11) is 0. The Morgan fingerprint density at radius 3 is 1.94 bits per heavy atom. The Morgan fingerprint density at radius 2 is 1.31 bits per heavy atom. The molecule has 278 valence electrons. The minimum absolute atomic E-state index is 0.0170. The molecular formula is C45H68N5O+. The fourth-order valence-corrected chi connectivity index (χ4v) is 8.29. The topological polar surface area (TPSA) is 65.5 Å². The first-order chi connectivity index (χ1) is 25.0. The van der Waals surface area contributed by atoms with Crippen LogP contribution in [-0.4, -0.2) is 54.1 Å². The van der Waals surface area contributed by atoms with Gasteiger partial charge in [-0.2, -0.15) is 0 Å². The Hall–Kier alpha value is -3.38. The van der Waals surface area contributed by atoms with Crippen molar-refractivity contribution in [3.05, 3.63) is 77.9 Å². The summed E-state index contributed by atoms with van der Waals surface area (Å²) in [6.07, 6.45) is 20.3. The molecule has 2 aliphatic carbocycles. The predicted octanol–water partition coefficient (Wildman–Crippen LogP) is 10.3. The fourth-order valence-electron chi connectivity index (χ4n) is 8.29. The number of nitrogens with zero attached hydrogens (tertiary/aromatic N) is 2. The van der Waals surface area contributed by atoms with Crippen molar-refractivity contribution in [1.82, 2.24) is 10.6 Å². The van der Waals surface area contributed by atoms with Gasteiger partial charge in [-0.15, -0.1) is 0 Å². The Kier molecular flexibility index (Phi) is 15.7. The van der Waals surface area contributed by atoms with Crippen LogP contribution in [0.4, 0.5) is 5.69 Å². The van der Waals surface area contributed by atoms with Crippen LogP contribution in [0.3, 0.4) is 0 Å². The van der Waals surface area contributed by atoms with E-state index in [-0.39, 0.29) is 5.91 Å². The summed E-state index contributed by atoms with van der Waals surface area (Å²) in [4.78, 5) is 19.6. The van der Waals surface area contributed by atoms with Crippen molar-refractivity contribution in [1.29, 1.82) is 0 Å². The summed E-state index contributed by atoms with van der Waals surface area (Å²) in [5.41, 5.74) is 3.36. The number of anilines is 1. The summed E-state index contributed by atoms with van der Waals surface area (Å²) in [6, 6.07) is 24.0. The molecule has 0 bridgehead atoms. The van der Waals surface area contributed by atoms with Crippen LogP contribution in [0.5, 0.6) is 0 Å². The fraction of sp³-hybridized carbons (Fsp3) is 0.600. The monoisotopic (exact) mass is 695 g/mol. The van der Waals surface area contributed by atoms with E-state index in [2.05, 4.69) is 103 Å². The van der Waals surface area contributed by atoms with E-state index in [1.807, 2.05) is 0 Å². The number of rotatable bonds is 18. The first-order valence-corrected chi connectivity index (χ1v) is 20.8. The van der Waals surface area contributed by atoms with Crippen LogP contribution in [0.25, 0.3) is 10.8 Å². The number of fused-ring (bicyclic) bond motifs is 1. The molecule has 0 radical (unpaired) electrons. The van der Waals surface area contributed by atoms with Gasteiger partial charge in [0.05, 0.1) is 25.7 Å². The summed E-state index contributed by atoms with van der Waals surface area (Å²) in [5.74, 6) is 0.794. The van der Waals surface area contributed by atoms with Gasteiger partial charge in [0.1, 0.15) is 12.6 Å². The Balaban J connectivity index is 1.36. The number of nitrogens with one attached hydrogen (secondary N) is 3. The molecule has 6 heteroatoms. The van der Waals surface area contributed by atoms with E-state index < -0.39 is 6.04 Å². The number of guanidine groups is 1. The third-order valence-electron chi connectivity index (χ3n) is 11.4. The molecule has 0 aromatic heterocycles. The second-order valence-electron chi connectivity index (χ2n) is 15.7.